The molecular formula is C23H30N2O4. The molecule has 1 N–H and O–H groups in total. The Labute approximate surface area is 172 Å². The van der Waals surface area contributed by atoms with Gasteiger partial charge in [-0.15, -0.1) is 0 Å². The van der Waals surface area contributed by atoms with Crippen LogP contribution in [0.4, 0.5) is 0 Å². The van der Waals surface area contributed by atoms with Gasteiger partial charge in [-0.2, -0.15) is 0 Å². The van der Waals surface area contributed by atoms with E-state index in [4.69, 9.17) is 9.47 Å². The number of ether oxygens (including phenoxy) is 2. The van der Waals surface area contributed by atoms with Crippen molar-refractivity contribution in [1.82, 2.24) is 10.2 Å². The normalized spacial score (nSPS) is 11.7. The van der Waals surface area contributed by atoms with Crippen LogP contribution in [0, 0.1) is 0 Å². The Balaban J connectivity index is 2.12. The van der Waals surface area contributed by atoms with E-state index in [2.05, 4.69) is 19.2 Å². The first-order valence-corrected chi connectivity index (χ1v) is 9.72. The minimum atomic E-state index is -0.634. The van der Waals surface area contributed by atoms with Gasteiger partial charge in [0.15, 0.2) is 6.61 Å². The summed E-state index contributed by atoms with van der Waals surface area (Å²) >= 11 is 0. The number of carbonyl (C=O) groups is 2. The molecule has 156 valence electrons. The molecule has 0 heterocycles. The van der Waals surface area contributed by atoms with Crippen LogP contribution in [0.15, 0.2) is 48.5 Å². The zero-order valence-corrected chi connectivity index (χ0v) is 17.8. The highest BCUT2D eigenvalue weighted by atomic mass is 16.5. The molecule has 0 unspecified atom stereocenters. The second kappa shape index (κ2) is 10.5. The molecule has 0 saturated carbocycles. The number of amides is 2. The molecule has 0 aliphatic heterocycles. The predicted octanol–water partition coefficient (Wildman–Crippen LogP) is 3.36. The maximum Gasteiger partial charge on any atom is 0.261 e. The van der Waals surface area contributed by atoms with E-state index in [1.807, 2.05) is 48.5 Å². The van der Waals surface area contributed by atoms with Crippen molar-refractivity contribution in [3.63, 3.8) is 0 Å². The topological polar surface area (TPSA) is 67.9 Å². The van der Waals surface area contributed by atoms with Crippen LogP contribution in [-0.2, 0) is 16.1 Å². The molecule has 0 aromatic heterocycles. The molecule has 1 atom stereocenters. The van der Waals surface area contributed by atoms with E-state index in [0.717, 1.165) is 5.56 Å². The van der Waals surface area contributed by atoms with Gasteiger partial charge in [0.05, 0.1) is 7.11 Å². The third-order valence-corrected chi connectivity index (χ3v) is 4.81. The zero-order chi connectivity index (χ0) is 21.4. The van der Waals surface area contributed by atoms with Gasteiger partial charge in [0.25, 0.3) is 5.91 Å². The maximum atomic E-state index is 12.9. The van der Waals surface area contributed by atoms with E-state index in [0.29, 0.717) is 17.4 Å². The molecule has 2 amide bonds. The number of likely N-dealkylation sites (N-methyl/N-ethyl adjacent to an activating group) is 1. The van der Waals surface area contributed by atoms with Crippen LogP contribution >= 0.6 is 0 Å². The molecule has 0 aliphatic rings. The summed E-state index contributed by atoms with van der Waals surface area (Å²) in [6.45, 7) is 6.08. The van der Waals surface area contributed by atoms with Gasteiger partial charge in [-0.3, -0.25) is 9.59 Å². The van der Waals surface area contributed by atoms with Crippen molar-refractivity contribution >= 4 is 11.8 Å². The minimum Gasteiger partial charge on any atom is -0.497 e. The molecule has 2 rings (SSSR count). The summed E-state index contributed by atoms with van der Waals surface area (Å²) in [4.78, 5) is 26.6. The fourth-order valence-electron chi connectivity index (χ4n) is 2.94. The maximum absolute atomic E-state index is 12.9. The summed E-state index contributed by atoms with van der Waals surface area (Å²) in [5.74, 6) is 1.25. The first kappa shape index (κ1) is 22.3. The van der Waals surface area contributed by atoms with Crippen molar-refractivity contribution in [3.05, 3.63) is 59.7 Å². The monoisotopic (exact) mass is 398 g/mol. The molecule has 0 fully saturated rings. The van der Waals surface area contributed by atoms with Crippen molar-refractivity contribution in [3.8, 4) is 11.5 Å². The van der Waals surface area contributed by atoms with Gasteiger partial charge in [0.2, 0.25) is 5.91 Å². The first-order valence-electron chi connectivity index (χ1n) is 9.72. The van der Waals surface area contributed by atoms with Crippen molar-refractivity contribution in [2.24, 2.45) is 0 Å². The molecule has 0 aliphatic carbocycles. The number of methoxy groups -OCH3 is 1. The van der Waals surface area contributed by atoms with Gasteiger partial charge >= 0.3 is 0 Å². The lowest BCUT2D eigenvalue weighted by molar-refractivity contribution is -0.142. The number of hydrogen-bond donors (Lipinski definition) is 1. The van der Waals surface area contributed by atoms with Crippen molar-refractivity contribution in [1.29, 1.82) is 0 Å². The second-order valence-electron chi connectivity index (χ2n) is 7.18. The number of benzene rings is 2. The average molecular weight is 399 g/mol. The van der Waals surface area contributed by atoms with Crippen LogP contribution in [-0.4, -0.2) is 43.5 Å². The smallest absolute Gasteiger partial charge is 0.261 e. The predicted molar refractivity (Wildman–Crippen MR) is 113 cm³/mol. The Morgan fingerprint density at radius 3 is 2.31 bits per heavy atom. The van der Waals surface area contributed by atoms with Crippen LogP contribution in [0.25, 0.3) is 0 Å². The molecule has 6 nitrogen and oxygen atoms in total. The first-order chi connectivity index (χ1) is 13.8. The van der Waals surface area contributed by atoms with Crippen LogP contribution in [0.1, 0.15) is 37.8 Å². The Morgan fingerprint density at radius 2 is 1.72 bits per heavy atom. The summed E-state index contributed by atoms with van der Waals surface area (Å²) in [7, 11) is 3.15. The number of nitrogens with one attached hydrogen (secondary N) is 1. The number of rotatable bonds is 9. The van der Waals surface area contributed by atoms with Gasteiger partial charge in [0, 0.05) is 13.6 Å². The molecule has 2 aromatic carbocycles. The summed E-state index contributed by atoms with van der Waals surface area (Å²) < 4.78 is 10.9. The van der Waals surface area contributed by atoms with E-state index in [9.17, 15) is 9.59 Å². The highest BCUT2D eigenvalue weighted by molar-refractivity contribution is 5.87. The van der Waals surface area contributed by atoms with Crippen LogP contribution in [0.3, 0.4) is 0 Å². The van der Waals surface area contributed by atoms with Gasteiger partial charge < -0.3 is 19.7 Å². The third-order valence-electron chi connectivity index (χ3n) is 4.81. The van der Waals surface area contributed by atoms with E-state index in [1.54, 1.807) is 21.1 Å². The minimum absolute atomic E-state index is 0.146. The van der Waals surface area contributed by atoms with Gasteiger partial charge in [-0.1, -0.05) is 38.1 Å². The lowest BCUT2D eigenvalue weighted by Crippen LogP contribution is -2.48. The standard InChI is InChI=1S/C23H30N2O4/c1-16(2)19-9-11-20(12-10-19)29-15-22(26)25(17(3)23(27)24-4)14-18-7-6-8-21(13-18)28-5/h6-13,16-17H,14-15H2,1-5H3,(H,24,27)/t17-/m0/s1. The van der Waals surface area contributed by atoms with E-state index in [-0.39, 0.29) is 25.0 Å². The molecule has 6 heteroatoms. The van der Waals surface area contributed by atoms with Crippen LogP contribution in [0.5, 0.6) is 11.5 Å². The highest BCUT2D eigenvalue weighted by Crippen LogP contribution is 2.19. The number of hydrogen-bond acceptors (Lipinski definition) is 4. The van der Waals surface area contributed by atoms with Crippen molar-refractivity contribution in [2.75, 3.05) is 20.8 Å². The van der Waals surface area contributed by atoms with Gasteiger partial charge in [-0.05, 0) is 48.2 Å². The van der Waals surface area contributed by atoms with Gasteiger partial charge in [0.1, 0.15) is 17.5 Å². The SMILES string of the molecule is CNC(=O)[C@H](C)N(Cc1cccc(OC)c1)C(=O)COc1ccc(C(C)C)cc1. The molecular weight excluding hydrogens is 368 g/mol. The highest BCUT2D eigenvalue weighted by Gasteiger charge is 2.26. The summed E-state index contributed by atoms with van der Waals surface area (Å²) in [6.07, 6.45) is 0. The van der Waals surface area contributed by atoms with E-state index in [1.165, 1.54) is 10.5 Å². The average Bonchev–Trinajstić information content (AvgIpc) is 2.75. The summed E-state index contributed by atoms with van der Waals surface area (Å²) in [5.41, 5.74) is 2.08. The fourth-order valence-corrected chi connectivity index (χ4v) is 2.94. The Morgan fingerprint density at radius 1 is 1.03 bits per heavy atom. The van der Waals surface area contributed by atoms with E-state index >= 15 is 0 Å². The lowest BCUT2D eigenvalue weighted by Gasteiger charge is -2.28. The van der Waals surface area contributed by atoms with Crippen LogP contribution < -0.4 is 14.8 Å². The quantitative estimate of drug-likeness (QED) is 0.703. The number of nitrogens with zero attached hydrogens (tertiary/aromatic N) is 1. The summed E-state index contributed by atoms with van der Waals surface area (Å²) in [6, 6.07) is 14.5. The van der Waals surface area contributed by atoms with Crippen molar-refractivity contribution < 1.29 is 19.1 Å². The van der Waals surface area contributed by atoms with E-state index < -0.39 is 6.04 Å². The number of carbonyl (C=O) groups excluding carboxylic acids is 2. The largest absolute Gasteiger partial charge is 0.497 e. The molecule has 2 aromatic rings. The summed E-state index contributed by atoms with van der Waals surface area (Å²) in [5, 5.41) is 2.60. The lowest BCUT2D eigenvalue weighted by atomic mass is 10.0. The molecule has 0 bridgehead atoms. The second-order valence-corrected chi connectivity index (χ2v) is 7.18. The fraction of sp³-hybridized carbons (Fsp3) is 0.391. The molecule has 0 spiro atoms. The van der Waals surface area contributed by atoms with Crippen molar-refractivity contribution in [2.45, 2.75) is 39.3 Å². The Hall–Kier alpha value is -3.02. The molecule has 29 heavy (non-hydrogen) atoms. The molecule has 0 radical (unpaired) electrons. The Bertz CT molecular complexity index is 818. The Kier molecular flexibility index (Phi) is 8.07. The van der Waals surface area contributed by atoms with Crippen LogP contribution in [0.2, 0.25) is 0 Å². The zero-order valence-electron chi connectivity index (χ0n) is 17.8. The molecule has 0 saturated heterocycles. The van der Waals surface area contributed by atoms with Gasteiger partial charge in [-0.25, -0.2) is 0 Å². The third kappa shape index (κ3) is 6.24.